The maximum atomic E-state index is 13.5. The van der Waals surface area contributed by atoms with Crippen LogP contribution < -0.4 is 13.8 Å². The van der Waals surface area contributed by atoms with E-state index >= 15 is 0 Å². The number of nitrogens with zero attached hydrogens (tertiary/aromatic N) is 1. The van der Waals surface area contributed by atoms with Gasteiger partial charge in [-0.3, -0.25) is 4.31 Å². The number of benzene rings is 3. The van der Waals surface area contributed by atoms with Gasteiger partial charge in [-0.15, -0.1) is 0 Å². The fourth-order valence-electron chi connectivity index (χ4n) is 2.95. The van der Waals surface area contributed by atoms with E-state index in [1.54, 1.807) is 55.6 Å². The summed E-state index contributed by atoms with van der Waals surface area (Å²) in [7, 11) is -0.764. The molecule has 0 saturated carbocycles. The first-order chi connectivity index (χ1) is 13.5. The standard InChI is InChI=1S/C22H23NO4S/c1-17-9-7-8-10-18(17)16-23(28(24,25)20-11-5-4-6-12-20)21-15-19(26-2)13-14-22(21)27-3/h4-15H,16H2,1-3H3. The second kappa shape index (κ2) is 8.35. The predicted octanol–water partition coefficient (Wildman–Crippen LogP) is 4.41. The molecule has 0 aliphatic carbocycles. The van der Waals surface area contributed by atoms with Gasteiger partial charge in [-0.1, -0.05) is 42.5 Å². The Labute approximate surface area is 166 Å². The Kier molecular flexibility index (Phi) is 5.90. The SMILES string of the molecule is COc1ccc(OC)c(N(Cc2ccccc2C)S(=O)(=O)c2ccccc2)c1. The van der Waals surface area contributed by atoms with Crippen molar-refractivity contribution in [3.8, 4) is 11.5 Å². The quantitative estimate of drug-likeness (QED) is 0.593. The van der Waals surface area contributed by atoms with Gasteiger partial charge in [0, 0.05) is 6.07 Å². The summed E-state index contributed by atoms with van der Waals surface area (Å²) in [6, 6.07) is 21.2. The van der Waals surface area contributed by atoms with Crippen LogP contribution in [0, 0.1) is 6.92 Å². The summed E-state index contributed by atoms with van der Waals surface area (Å²) in [4.78, 5) is 0.216. The van der Waals surface area contributed by atoms with Crippen LogP contribution in [0.4, 0.5) is 5.69 Å². The summed E-state index contributed by atoms with van der Waals surface area (Å²) in [5.74, 6) is 1.00. The highest BCUT2D eigenvalue weighted by molar-refractivity contribution is 7.92. The molecule has 0 amide bonds. The van der Waals surface area contributed by atoms with Gasteiger partial charge in [0.05, 0.1) is 31.3 Å². The third kappa shape index (κ3) is 3.97. The summed E-state index contributed by atoms with van der Waals surface area (Å²) in [6.45, 7) is 2.14. The Morgan fingerprint density at radius 1 is 0.857 bits per heavy atom. The predicted molar refractivity (Wildman–Crippen MR) is 111 cm³/mol. The fraction of sp³-hybridized carbons (Fsp3) is 0.182. The molecule has 0 atom stereocenters. The molecule has 0 bridgehead atoms. The van der Waals surface area contributed by atoms with Crippen LogP contribution in [0.25, 0.3) is 0 Å². The number of hydrogen-bond donors (Lipinski definition) is 0. The monoisotopic (exact) mass is 397 g/mol. The van der Waals surface area contributed by atoms with E-state index in [2.05, 4.69) is 0 Å². The Morgan fingerprint density at radius 2 is 1.54 bits per heavy atom. The molecule has 0 unspecified atom stereocenters. The maximum absolute atomic E-state index is 13.5. The minimum absolute atomic E-state index is 0.174. The van der Waals surface area contributed by atoms with Gasteiger partial charge in [0.15, 0.2) is 0 Å². The largest absolute Gasteiger partial charge is 0.497 e. The molecular formula is C22H23NO4S. The molecule has 0 saturated heterocycles. The van der Waals surface area contributed by atoms with E-state index in [1.165, 1.54) is 11.4 Å². The van der Waals surface area contributed by atoms with Gasteiger partial charge in [-0.25, -0.2) is 8.42 Å². The number of hydrogen-bond acceptors (Lipinski definition) is 4. The van der Waals surface area contributed by atoms with Crippen LogP contribution in [0.5, 0.6) is 11.5 Å². The molecule has 3 aromatic carbocycles. The molecule has 0 spiro atoms. The molecule has 0 aromatic heterocycles. The first-order valence-electron chi connectivity index (χ1n) is 8.81. The molecule has 6 heteroatoms. The summed E-state index contributed by atoms with van der Waals surface area (Å²) in [5, 5.41) is 0. The number of sulfonamides is 1. The van der Waals surface area contributed by atoms with E-state index in [0.29, 0.717) is 17.2 Å². The molecule has 146 valence electrons. The lowest BCUT2D eigenvalue weighted by Crippen LogP contribution is -2.31. The molecule has 0 heterocycles. The average molecular weight is 397 g/mol. The summed E-state index contributed by atoms with van der Waals surface area (Å²) in [6.07, 6.45) is 0. The van der Waals surface area contributed by atoms with E-state index in [9.17, 15) is 8.42 Å². The number of rotatable bonds is 7. The van der Waals surface area contributed by atoms with Crippen LogP contribution in [0.1, 0.15) is 11.1 Å². The Hall–Kier alpha value is -2.99. The van der Waals surface area contributed by atoms with Crippen LogP contribution in [0.15, 0.2) is 77.7 Å². The van der Waals surface area contributed by atoms with E-state index in [4.69, 9.17) is 9.47 Å². The van der Waals surface area contributed by atoms with Gasteiger partial charge >= 0.3 is 0 Å². The van der Waals surface area contributed by atoms with E-state index in [-0.39, 0.29) is 11.4 Å². The molecule has 3 rings (SSSR count). The van der Waals surface area contributed by atoms with Gasteiger partial charge in [-0.2, -0.15) is 0 Å². The normalized spacial score (nSPS) is 11.1. The van der Waals surface area contributed by atoms with Crippen molar-refractivity contribution in [3.05, 3.63) is 83.9 Å². The second-order valence-corrected chi connectivity index (χ2v) is 8.15. The minimum Gasteiger partial charge on any atom is -0.497 e. The lowest BCUT2D eigenvalue weighted by Gasteiger charge is -2.27. The van der Waals surface area contributed by atoms with Crippen LogP contribution in [-0.4, -0.2) is 22.6 Å². The van der Waals surface area contributed by atoms with Crippen LogP contribution in [0.2, 0.25) is 0 Å². The van der Waals surface area contributed by atoms with Crippen molar-refractivity contribution in [1.29, 1.82) is 0 Å². The molecule has 0 N–H and O–H groups in total. The third-order valence-corrected chi connectivity index (χ3v) is 6.34. The topological polar surface area (TPSA) is 55.8 Å². The highest BCUT2D eigenvalue weighted by Crippen LogP contribution is 2.37. The van der Waals surface area contributed by atoms with Crippen molar-refractivity contribution in [2.24, 2.45) is 0 Å². The minimum atomic E-state index is -3.83. The number of ether oxygens (including phenoxy) is 2. The van der Waals surface area contributed by atoms with Crippen molar-refractivity contribution >= 4 is 15.7 Å². The smallest absolute Gasteiger partial charge is 0.264 e. The van der Waals surface area contributed by atoms with Crippen molar-refractivity contribution < 1.29 is 17.9 Å². The molecular weight excluding hydrogens is 374 g/mol. The summed E-state index contributed by atoms with van der Waals surface area (Å²) >= 11 is 0. The Morgan fingerprint density at radius 3 is 2.18 bits per heavy atom. The van der Waals surface area contributed by atoms with E-state index in [0.717, 1.165) is 11.1 Å². The summed E-state index contributed by atoms with van der Waals surface area (Å²) in [5.41, 5.74) is 2.35. The first-order valence-corrected chi connectivity index (χ1v) is 10.3. The summed E-state index contributed by atoms with van der Waals surface area (Å²) < 4.78 is 39.2. The lowest BCUT2D eigenvalue weighted by atomic mass is 10.1. The highest BCUT2D eigenvalue weighted by Gasteiger charge is 2.28. The Bertz CT molecular complexity index is 1050. The third-order valence-electron chi connectivity index (χ3n) is 4.56. The number of methoxy groups -OCH3 is 2. The van der Waals surface area contributed by atoms with Gasteiger partial charge in [0.2, 0.25) is 0 Å². The Balaban J connectivity index is 2.19. The van der Waals surface area contributed by atoms with Crippen LogP contribution in [-0.2, 0) is 16.6 Å². The van der Waals surface area contributed by atoms with Crippen molar-refractivity contribution in [1.82, 2.24) is 0 Å². The zero-order chi connectivity index (χ0) is 20.1. The zero-order valence-electron chi connectivity index (χ0n) is 16.1. The van der Waals surface area contributed by atoms with Crippen molar-refractivity contribution in [3.63, 3.8) is 0 Å². The van der Waals surface area contributed by atoms with Gasteiger partial charge in [0.25, 0.3) is 10.0 Å². The molecule has 0 aliphatic heterocycles. The molecule has 3 aromatic rings. The van der Waals surface area contributed by atoms with Crippen molar-refractivity contribution in [2.75, 3.05) is 18.5 Å². The maximum Gasteiger partial charge on any atom is 0.264 e. The number of anilines is 1. The van der Waals surface area contributed by atoms with Gasteiger partial charge in [-0.05, 0) is 42.3 Å². The van der Waals surface area contributed by atoms with Crippen LogP contribution in [0.3, 0.4) is 0 Å². The second-order valence-electron chi connectivity index (χ2n) is 6.29. The average Bonchev–Trinajstić information content (AvgIpc) is 2.73. The molecule has 0 fully saturated rings. The molecule has 0 aliphatic rings. The first kappa shape index (κ1) is 19.8. The molecule has 5 nitrogen and oxygen atoms in total. The van der Waals surface area contributed by atoms with Crippen molar-refractivity contribution in [2.45, 2.75) is 18.4 Å². The number of aryl methyl sites for hydroxylation is 1. The van der Waals surface area contributed by atoms with E-state index in [1.807, 2.05) is 31.2 Å². The molecule has 28 heavy (non-hydrogen) atoms. The van der Waals surface area contributed by atoms with Crippen LogP contribution >= 0.6 is 0 Å². The van der Waals surface area contributed by atoms with Gasteiger partial charge < -0.3 is 9.47 Å². The molecule has 0 radical (unpaired) electrons. The lowest BCUT2D eigenvalue weighted by molar-refractivity contribution is 0.403. The fourth-order valence-corrected chi connectivity index (χ4v) is 4.42. The highest BCUT2D eigenvalue weighted by atomic mass is 32.2. The zero-order valence-corrected chi connectivity index (χ0v) is 16.9. The van der Waals surface area contributed by atoms with Gasteiger partial charge in [0.1, 0.15) is 11.5 Å². The van der Waals surface area contributed by atoms with E-state index < -0.39 is 10.0 Å².